The quantitative estimate of drug-likeness (QED) is 0.851. The third-order valence-corrected chi connectivity index (χ3v) is 4.41. The maximum atomic E-state index is 12.1. The molecule has 0 saturated heterocycles. The number of rotatable bonds is 4. The highest BCUT2D eigenvalue weighted by Crippen LogP contribution is 2.57. The Labute approximate surface area is 107 Å². The summed E-state index contributed by atoms with van der Waals surface area (Å²) >= 11 is 0. The molecule has 3 atom stereocenters. The van der Waals surface area contributed by atoms with E-state index in [4.69, 9.17) is 0 Å². The molecule has 0 heterocycles. The van der Waals surface area contributed by atoms with Gasteiger partial charge in [-0.05, 0) is 30.2 Å². The van der Waals surface area contributed by atoms with Crippen LogP contribution in [0.3, 0.4) is 0 Å². The van der Waals surface area contributed by atoms with Crippen molar-refractivity contribution in [3.05, 3.63) is 35.9 Å². The Kier molecular flexibility index (Phi) is 3.08. The van der Waals surface area contributed by atoms with E-state index in [9.17, 15) is 9.90 Å². The van der Waals surface area contributed by atoms with Crippen molar-refractivity contribution >= 4 is 5.91 Å². The van der Waals surface area contributed by atoms with E-state index in [1.54, 1.807) is 0 Å². The van der Waals surface area contributed by atoms with Crippen LogP contribution in [-0.2, 0) is 4.79 Å². The second-order valence-corrected chi connectivity index (χ2v) is 5.44. The molecule has 2 aliphatic carbocycles. The fourth-order valence-corrected chi connectivity index (χ4v) is 3.40. The summed E-state index contributed by atoms with van der Waals surface area (Å²) in [4.78, 5) is 12.1. The van der Waals surface area contributed by atoms with Crippen molar-refractivity contribution in [3.8, 4) is 0 Å². The van der Waals surface area contributed by atoms with E-state index in [2.05, 4.69) is 5.32 Å². The molecular formula is C15H19NO2. The van der Waals surface area contributed by atoms with Crippen LogP contribution >= 0.6 is 0 Å². The molecule has 0 aliphatic heterocycles. The first-order valence-electron chi connectivity index (χ1n) is 6.77. The normalized spacial score (nSPS) is 30.6. The average molecular weight is 245 g/mol. The van der Waals surface area contributed by atoms with Gasteiger partial charge in [0.15, 0.2) is 0 Å². The Morgan fingerprint density at radius 1 is 1.28 bits per heavy atom. The van der Waals surface area contributed by atoms with E-state index in [0.29, 0.717) is 11.8 Å². The first-order chi connectivity index (χ1) is 8.81. The summed E-state index contributed by atoms with van der Waals surface area (Å²) < 4.78 is 0. The minimum atomic E-state index is -0.264. The highest BCUT2D eigenvalue weighted by atomic mass is 16.3. The summed E-state index contributed by atoms with van der Waals surface area (Å²) in [7, 11) is 0. The molecule has 96 valence electrons. The second-order valence-electron chi connectivity index (χ2n) is 5.44. The molecule has 2 fully saturated rings. The zero-order valence-corrected chi connectivity index (χ0v) is 10.4. The molecule has 3 rings (SSSR count). The molecule has 2 N–H and O–H groups in total. The molecular weight excluding hydrogens is 226 g/mol. The average Bonchev–Trinajstić information content (AvgIpc) is 2.90. The lowest BCUT2D eigenvalue weighted by Crippen LogP contribution is -2.32. The van der Waals surface area contributed by atoms with Crippen molar-refractivity contribution in [1.82, 2.24) is 5.32 Å². The molecule has 3 heteroatoms. The lowest BCUT2D eigenvalue weighted by atomic mass is 10.1. The predicted octanol–water partition coefficient (Wildman–Crippen LogP) is 1.88. The minimum absolute atomic E-state index is 0.0438. The standard InChI is InChI=1S/C15H19NO2/c17-9-13(10-5-2-1-3-6-10)16-15(18)14-11-7-4-8-12(11)14/h1-3,5-6,11-14,17H,4,7-9H2,(H,16,18). The van der Waals surface area contributed by atoms with Crippen LogP contribution in [0.5, 0.6) is 0 Å². The second kappa shape index (κ2) is 4.73. The van der Waals surface area contributed by atoms with Crippen LogP contribution in [0.2, 0.25) is 0 Å². The third-order valence-electron chi connectivity index (χ3n) is 4.41. The Balaban J connectivity index is 1.62. The number of nitrogens with one attached hydrogen (secondary N) is 1. The van der Waals surface area contributed by atoms with Gasteiger partial charge in [-0.3, -0.25) is 4.79 Å². The summed E-state index contributed by atoms with van der Waals surface area (Å²) in [5.74, 6) is 1.60. The number of hydrogen-bond donors (Lipinski definition) is 2. The van der Waals surface area contributed by atoms with Gasteiger partial charge in [-0.2, -0.15) is 0 Å². The Bertz CT molecular complexity index is 421. The maximum Gasteiger partial charge on any atom is 0.224 e. The number of amides is 1. The number of fused-ring (bicyclic) bond motifs is 1. The van der Waals surface area contributed by atoms with E-state index in [1.807, 2.05) is 30.3 Å². The molecule has 2 saturated carbocycles. The number of aliphatic hydroxyl groups excluding tert-OH is 1. The number of hydrogen-bond acceptors (Lipinski definition) is 2. The molecule has 3 unspecified atom stereocenters. The zero-order valence-electron chi connectivity index (χ0n) is 10.4. The lowest BCUT2D eigenvalue weighted by molar-refractivity contribution is -0.124. The topological polar surface area (TPSA) is 49.3 Å². The van der Waals surface area contributed by atoms with Crippen LogP contribution in [0, 0.1) is 17.8 Å². The van der Waals surface area contributed by atoms with Gasteiger partial charge >= 0.3 is 0 Å². The predicted molar refractivity (Wildman–Crippen MR) is 68.7 cm³/mol. The summed E-state index contributed by atoms with van der Waals surface area (Å²) in [6.07, 6.45) is 3.69. The lowest BCUT2D eigenvalue weighted by Gasteiger charge is -2.17. The van der Waals surface area contributed by atoms with Crippen LogP contribution in [0.4, 0.5) is 0 Å². The summed E-state index contributed by atoms with van der Waals surface area (Å²) in [6.45, 7) is -0.0438. The van der Waals surface area contributed by atoms with Crippen LogP contribution < -0.4 is 5.32 Å². The van der Waals surface area contributed by atoms with Crippen LogP contribution in [0.25, 0.3) is 0 Å². The summed E-state index contributed by atoms with van der Waals surface area (Å²) in [6, 6.07) is 9.40. The van der Waals surface area contributed by atoms with Crippen molar-refractivity contribution < 1.29 is 9.90 Å². The van der Waals surface area contributed by atoms with Gasteiger partial charge in [-0.1, -0.05) is 36.8 Å². The minimum Gasteiger partial charge on any atom is -0.394 e. The molecule has 0 aromatic heterocycles. The first kappa shape index (κ1) is 11.7. The van der Waals surface area contributed by atoms with Crippen molar-refractivity contribution in [2.75, 3.05) is 6.61 Å². The number of carbonyl (C=O) groups is 1. The number of benzene rings is 1. The SMILES string of the molecule is O=C(NC(CO)c1ccccc1)C1C2CCCC21. The van der Waals surface area contributed by atoms with Crippen molar-refractivity contribution in [2.45, 2.75) is 25.3 Å². The molecule has 0 radical (unpaired) electrons. The summed E-state index contributed by atoms with van der Waals surface area (Å²) in [5.41, 5.74) is 0.971. The van der Waals surface area contributed by atoms with Gasteiger partial charge in [0, 0.05) is 5.92 Å². The smallest absolute Gasteiger partial charge is 0.224 e. The largest absolute Gasteiger partial charge is 0.394 e. The first-order valence-corrected chi connectivity index (χ1v) is 6.77. The van der Waals surface area contributed by atoms with E-state index < -0.39 is 0 Å². The van der Waals surface area contributed by atoms with Gasteiger partial charge in [0.1, 0.15) is 0 Å². The molecule has 1 aromatic rings. The molecule has 1 aromatic carbocycles. The molecule has 1 amide bonds. The molecule has 0 spiro atoms. The van der Waals surface area contributed by atoms with Crippen molar-refractivity contribution in [3.63, 3.8) is 0 Å². The third kappa shape index (κ3) is 2.03. The van der Waals surface area contributed by atoms with Crippen LogP contribution in [0.1, 0.15) is 30.9 Å². The number of aliphatic hydroxyl groups is 1. The highest BCUT2D eigenvalue weighted by Gasteiger charge is 2.56. The van der Waals surface area contributed by atoms with E-state index in [1.165, 1.54) is 19.3 Å². The molecule has 2 aliphatic rings. The zero-order chi connectivity index (χ0) is 12.5. The van der Waals surface area contributed by atoms with Gasteiger partial charge in [0.2, 0.25) is 5.91 Å². The Morgan fingerprint density at radius 2 is 1.94 bits per heavy atom. The summed E-state index contributed by atoms with van der Waals surface area (Å²) in [5, 5.41) is 12.4. The molecule has 3 nitrogen and oxygen atoms in total. The molecule has 18 heavy (non-hydrogen) atoms. The van der Waals surface area contributed by atoms with Crippen LogP contribution in [0.15, 0.2) is 30.3 Å². The molecule has 0 bridgehead atoms. The van der Waals surface area contributed by atoms with Gasteiger partial charge < -0.3 is 10.4 Å². The Morgan fingerprint density at radius 3 is 2.56 bits per heavy atom. The van der Waals surface area contributed by atoms with Gasteiger partial charge in [-0.25, -0.2) is 0 Å². The monoisotopic (exact) mass is 245 g/mol. The van der Waals surface area contributed by atoms with Crippen molar-refractivity contribution in [2.24, 2.45) is 17.8 Å². The van der Waals surface area contributed by atoms with Gasteiger partial charge in [0.05, 0.1) is 12.6 Å². The van der Waals surface area contributed by atoms with Gasteiger partial charge in [0.25, 0.3) is 0 Å². The van der Waals surface area contributed by atoms with Crippen molar-refractivity contribution in [1.29, 1.82) is 0 Å². The van der Waals surface area contributed by atoms with Gasteiger partial charge in [-0.15, -0.1) is 0 Å². The van der Waals surface area contributed by atoms with E-state index >= 15 is 0 Å². The number of carbonyl (C=O) groups excluding carboxylic acids is 1. The Hall–Kier alpha value is -1.35. The fraction of sp³-hybridized carbons (Fsp3) is 0.533. The van der Waals surface area contributed by atoms with E-state index in [-0.39, 0.29) is 24.5 Å². The highest BCUT2D eigenvalue weighted by molar-refractivity contribution is 5.82. The maximum absolute atomic E-state index is 12.1. The van der Waals surface area contributed by atoms with E-state index in [0.717, 1.165) is 5.56 Å². The fourth-order valence-electron chi connectivity index (χ4n) is 3.40. The van der Waals surface area contributed by atoms with Crippen LogP contribution in [-0.4, -0.2) is 17.6 Å².